The third-order valence-corrected chi connectivity index (χ3v) is 4.59. The number of ketones is 1. The third-order valence-electron chi connectivity index (χ3n) is 2.90. The van der Waals surface area contributed by atoms with Gasteiger partial charge in [0.15, 0.2) is 5.76 Å². The number of carbonyl (C=O) groups is 1. The topological polar surface area (TPSA) is 30.2 Å². The predicted molar refractivity (Wildman–Crippen MR) is 76.4 cm³/mol. The summed E-state index contributed by atoms with van der Waals surface area (Å²) < 4.78 is 19.6. The van der Waals surface area contributed by atoms with E-state index >= 15 is 0 Å². The van der Waals surface area contributed by atoms with E-state index in [1.165, 1.54) is 23.5 Å². The molecule has 19 heavy (non-hydrogen) atoms. The van der Waals surface area contributed by atoms with Crippen LogP contribution in [-0.2, 0) is 0 Å². The zero-order valence-electron chi connectivity index (χ0n) is 9.87. The van der Waals surface area contributed by atoms with E-state index in [4.69, 9.17) is 4.42 Å². The molecule has 5 heteroatoms. The van der Waals surface area contributed by atoms with Gasteiger partial charge in [0.25, 0.3) is 0 Å². The number of hydrogen-bond acceptors (Lipinski definition) is 3. The van der Waals surface area contributed by atoms with Crippen LogP contribution in [0.5, 0.6) is 0 Å². The van der Waals surface area contributed by atoms with Crippen LogP contribution < -0.4 is 0 Å². The van der Waals surface area contributed by atoms with Gasteiger partial charge in [-0.1, -0.05) is 0 Å². The molecule has 0 atom stereocenters. The van der Waals surface area contributed by atoms with Crippen LogP contribution in [0, 0.1) is 12.7 Å². The minimum atomic E-state index is -0.339. The van der Waals surface area contributed by atoms with Crippen molar-refractivity contribution in [2.45, 2.75) is 6.92 Å². The first kappa shape index (κ1) is 12.6. The number of furan rings is 1. The van der Waals surface area contributed by atoms with Crippen LogP contribution in [0.1, 0.15) is 21.0 Å². The van der Waals surface area contributed by atoms with Crippen molar-refractivity contribution < 1.29 is 13.6 Å². The Bertz CT molecular complexity index is 788. The maximum Gasteiger partial charge on any atom is 0.238 e. The molecule has 0 saturated carbocycles. The highest BCUT2D eigenvalue weighted by molar-refractivity contribution is 9.10. The fourth-order valence-corrected chi connectivity index (χ4v) is 3.32. The summed E-state index contributed by atoms with van der Waals surface area (Å²) in [7, 11) is 0. The van der Waals surface area contributed by atoms with E-state index in [9.17, 15) is 9.18 Å². The highest BCUT2D eigenvalue weighted by atomic mass is 79.9. The van der Waals surface area contributed by atoms with E-state index in [1.54, 1.807) is 19.1 Å². The van der Waals surface area contributed by atoms with Crippen LogP contribution in [0.25, 0.3) is 11.0 Å². The molecule has 0 radical (unpaired) electrons. The normalized spacial score (nSPS) is 11.1. The second-order valence-corrected chi connectivity index (χ2v) is 5.98. The zero-order chi connectivity index (χ0) is 13.6. The molecule has 0 fully saturated rings. The Morgan fingerprint density at radius 2 is 2.16 bits per heavy atom. The quantitative estimate of drug-likeness (QED) is 0.620. The van der Waals surface area contributed by atoms with Gasteiger partial charge in [0.1, 0.15) is 11.4 Å². The highest BCUT2D eigenvalue weighted by Gasteiger charge is 2.20. The monoisotopic (exact) mass is 338 g/mol. The summed E-state index contributed by atoms with van der Waals surface area (Å²) in [5, 5.41) is 2.48. The summed E-state index contributed by atoms with van der Waals surface area (Å²) in [5.41, 5.74) is 1.20. The lowest BCUT2D eigenvalue weighted by Crippen LogP contribution is -1.98. The van der Waals surface area contributed by atoms with E-state index < -0.39 is 0 Å². The summed E-state index contributed by atoms with van der Waals surface area (Å²) in [4.78, 5) is 12.9. The van der Waals surface area contributed by atoms with E-state index in [0.717, 1.165) is 4.47 Å². The van der Waals surface area contributed by atoms with Crippen molar-refractivity contribution >= 4 is 44.0 Å². The Kier molecular flexibility index (Phi) is 3.03. The van der Waals surface area contributed by atoms with Crippen molar-refractivity contribution in [2.75, 3.05) is 0 Å². The fraction of sp³-hybridized carbons (Fsp3) is 0.0714. The minimum absolute atomic E-state index is 0.176. The number of aryl methyl sites for hydroxylation is 1. The average molecular weight is 339 g/mol. The number of benzene rings is 1. The van der Waals surface area contributed by atoms with Crippen molar-refractivity contribution in [1.29, 1.82) is 0 Å². The summed E-state index contributed by atoms with van der Waals surface area (Å²) >= 11 is 4.66. The summed E-state index contributed by atoms with van der Waals surface area (Å²) in [6.07, 6.45) is 0. The lowest BCUT2D eigenvalue weighted by atomic mass is 10.1. The molecule has 0 unspecified atom stereocenters. The van der Waals surface area contributed by atoms with Gasteiger partial charge in [0.05, 0.1) is 4.88 Å². The summed E-state index contributed by atoms with van der Waals surface area (Å²) in [6.45, 7) is 1.77. The summed E-state index contributed by atoms with van der Waals surface area (Å²) in [6, 6.07) is 6.00. The smallest absolute Gasteiger partial charge is 0.238 e. The average Bonchev–Trinajstić information content (AvgIpc) is 2.94. The molecule has 0 aliphatic carbocycles. The number of fused-ring (bicyclic) bond motifs is 1. The van der Waals surface area contributed by atoms with Gasteiger partial charge in [0.2, 0.25) is 5.78 Å². The van der Waals surface area contributed by atoms with Crippen molar-refractivity contribution in [2.24, 2.45) is 0 Å². The third kappa shape index (κ3) is 2.13. The molecule has 0 N–H and O–H groups in total. The Labute approximate surface area is 121 Å². The van der Waals surface area contributed by atoms with Crippen molar-refractivity contribution in [3.63, 3.8) is 0 Å². The van der Waals surface area contributed by atoms with Crippen LogP contribution in [0.3, 0.4) is 0 Å². The minimum Gasteiger partial charge on any atom is -0.452 e. The van der Waals surface area contributed by atoms with Gasteiger partial charge in [0, 0.05) is 20.8 Å². The van der Waals surface area contributed by atoms with E-state index in [2.05, 4.69) is 15.9 Å². The molecule has 2 heterocycles. The molecule has 96 valence electrons. The maximum atomic E-state index is 13.2. The standard InChI is InChI=1S/C14H8BrFO2S/c1-7-10-5-9(16)2-3-11(10)18-14(7)13(17)12-4-8(15)6-19-12/h2-6H,1H3. The van der Waals surface area contributed by atoms with Crippen molar-refractivity contribution in [3.05, 3.63) is 56.1 Å². The van der Waals surface area contributed by atoms with Crippen LogP contribution in [0.15, 0.2) is 38.5 Å². The Morgan fingerprint density at radius 3 is 2.84 bits per heavy atom. The van der Waals surface area contributed by atoms with Gasteiger partial charge < -0.3 is 4.42 Å². The summed E-state index contributed by atoms with van der Waals surface area (Å²) in [5.74, 6) is -0.242. The molecule has 2 aromatic heterocycles. The maximum absolute atomic E-state index is 13.2. The van der Waals surface area contributed by atoms with Gasteiger partial charge in [-0.15, -0.1) is 11.3 Å². The highest BCUT2D eigenvalue weighted by Crippen LogP contribution is 2.30. The van der Waals surface area contributed by atoms with E-state index in [0.29, 0.717) is 21.4 Å². The number of halogens is 2. The first-order valence-electron chi connectivity index (χ1n) is 5.53. The lowest BCUT2D eigenvalue weighted by molar-refractivity contribution is 0.101. The second-order valence-electron chi connectivity index (χ2n) is 4.15. The molecule has 0 aliphatic rings. The molecule has 0 bridgehead atoms. The number of thiophene rings is 1. The van der Waals surface area contributed by atoms with Gasteiger partial charge in [-0.05, 0) is 47.1 Å². The predicted octanol–water partition coefficient (Wildman–Crippen LogP) is 4.94. The van der Waals surface area contributed by atoms with Gasteiger partial charge >= 0.3 is 0 Å². The molecule has 1 aromatic carbocycles. The van der Waals surface area contributed by atoms with Gasteiger partial charge in [-0.2, -0.15) is 0 Å². The molecule has 0 aliphatic heterocycles. The van der Waals surface area contributed by atoms with Crippen LogP contribution in [0.2, 0.25) is 0 Å². The Balaban J connectivity index is 2.15. The molecule has 0 saturated heterocycles. The molecule has 2 nitrogen and oxygen atoms in total. The Hall–Kier alpha value is -1.46. The number of carbonyl (C=O) groups excluding carboxylic acids is 1. The molecular formula is C14H8BrFO2S. The second kappa shape index (κ2) is 4.58. The molecule has 3 aromatic rings. The number of hydrogen-bond donors (Lipinski definition) is 0. The Morgan fingerprint density at radius 1 is 1.37 bits per heavy atom. The number of rotatable bonds is 2. The van der Waals surface area contributed by atoms with Gasteiger partial charge in [-0.25, -0.2) is 4.39 Å². The first-order valence-corrected chi connectivity index (χ1v) is 7.21. The van der Waals surface area contributed by atoms with E-state index in [1.807, 2.05) is 5.38 Å². The van der Waals surface area contributed by atoms with Gasteiger partial charge in [-0.3, -0.25) is 4.79 Å². The molecular weight excluding hydrogens is 331 g/mol. The van der Waals surface area contributed by atoms with E-state index in [-0.39, 0.29) is 17.4 Å². The van der Waals surface area contributed by atoms with Crippen molar-refractivity contribution in [1.82, 2.24) is 0 Å². The SMILES string of the molecule is Cc1c(C(=O)c2cc(Br)cs2)oc2ccc(F)cc12. The van der Waals surface area contributed by atoms with Crippen LogP contribution >= 0.6 is 27.3 Å². The largest absolute Gasteiger partial charge is 0.452 e. The molecule has 0 spiro atoms. The van der Waals surface area contributed by atoms with Crippen molar-refractivity contribution in [3.8, 4) is 0 Å². The van der Waals surface area contributed by atoms with Crippen LogP contribution in [0.4, 0.5) is 4.39 Å². The van der Waals surface area contributed by atoms with Crippen LogP contribution in [-0.4, -0.2) is 5.78 Å². The fourth-order valence-electron chi connectivity index (χ4n) is 1.95. The zero-order valence-corrected chi connectivity index (χ0v) is 12.3. The lowest BCUT2D eigenvalue weighted by Gasteiger charge is -1.94. The molecule has 0 amide bonds. The molecule has 3 rings (SSSR count). The first-order chi connectivity index (χ1) is 9.06.